The molecule has 1 amide bonds. The van der Waals surface area contributed by atoms with E-state index < -0.39 is 25.8 Å². The highest BCUT2D eigenvalue weighted by Crippen LogP contribution is 2.25. The highest BCUT2D eigenvalue weighted by atomic mass is 32.2. The van der Waals surface area contributed by atoms with Crippen molar-refractivity contribution in [2.24, 2.45) is 0 Å². The van der Waals surface area contributed by atoms with Gasteiger partial charge in [0.25, 0.3) is 15.9 Å². The number of carbonyl (C=O) groups is 2. The van der Waals surface area contributed by atoms with Gasteiger partial charge in [0.15, 0.2) is 9.84 Å². The van der Waals surface area contributed by atoms with Gasteiger partial charge in [-0.05, 0) is 30.3 Å². The standard InChI is InChI=1S/C19H22N2O7S3/c1-3-30(24,25)16-6-4-14(5-7-16)18(22)20-8-10-21(11-9-20)31(26,27)17-12-15(13-29-17)19(23)28-2/h4-7,12-13H,3,8-11H2,1-2H3. The van der Waals surface area contributed by atoms with Crippen LogP contribution in [0.15, 0.2) is 44.8 Å². The van der Waals surface area contributed by atoms with Gasteiger partial charge in [-0.2, -0.15) is 4.31 Å². The van der Waals surface area contributed by atoms with Crippen LogP contribution in [-0.2, 0) is 24.6 Å². The van der Waals surface area contributed by atoms with Crippen LogP contribution in [0.4, 0.5) is 0 Å². The number of nitrogens with zero attached hydrogens (tertiary/aromatic N) is 2. The van der Waals surface area contributed by atoms with Crippen LogP contribution in [0.1, 0.15) is 27.6 Å². The quantitative estimate of drug-likeness (QED) is 0.568. The first-order valence-corrected chi connectivity index (χ1v) is 13.4. The summed E-state index contributed by atoms with van der Waals surface area (Å²) in [5, 5.41) is 1.43. The van der Waals surface area contributed by atoms with Crippen LogP contribution in [0, 0.1) is 0 Å². The minimum atomic E-state index is -3.78. The van der Waals surface area contributed by atoms with Gasteiger partial charge in [-0.1, -0.05) is 6.92 Å². The molecule has 0 unspecified atom stereocenters. The lowest BCUT2D eigenvalue weighted by Crippen LogP contribution is -2.50. The fourth-order valence-electron chi connectivity index (χ4n) is 3.09. The summed E-state index contributed by atoms with van der Waals surface area (Å²) in [7, 11) is -5.91. The first kappa shape index (κ1) is 23.4. The van der Waals surface area contributed by atoms with E-state index in [9.17, 15) is 26.4 Å². The molecule has 0 saturated carbocycles. The van der Waals surface area contributed by atoms with Gasteiger partial charge in [-0.15, -0.1) is 11.3 Å². The molecule has 1 aliphatic heterocycles. The number of hydrogen-bond donors (Lipinski definition) is 0. The first-order chi connectivity index (χ1) is 14.6. The summed E-state index contributed by atoms with van der Waals surface area (Å²) in [6, 6.07) is 7.03. The largest absolute Gasteiger partial charge is 0.465 e. The number of carbonyl (C=O) groups excluding carboxylic acids is 2. The highest BCUT2D eigenvalue weighted by molar-refractivity contribution is 7.91. The maximum Gasteiger partial charge on any atom is 0.338 e. The third kappa shape index (κ3) is 4.81. The van der Waals surface area contributed by atoms with Gasteiger partial charge in [0.2, 0.25) is 0 Å². The third-order valence-electron chi connectivity index (χ3n) is 4.96. The number of methoxy groups -OCH3 is 1. The van der Waals surface area contributed by atoms with E-state index in [-0.39, 0.29) is 52.5 Å². The number of sulfone groups is 1. The van der Waals surface area contributed by atoms with E-state index in [4.69, 9.17) is 0 Å². The molecule has 9 nitrogen and oxygen atoms in total. The molecule has 1 aromatic carbocycles. The molecule has 1 saturated heterocycles. The van der Waals surface area contributed by atoms with Gasteiger partial charge in [-0.3, -0.25) is 4.79 Å². The maximum atomic E-state index is 12.8. The summed E-state index contributed by atoms with van der Waals surface area (Å²) in [6.07, 6.45) is 0. The third-order valence-corrected chi connectivity index (χ3v) is 10.0. The lowest BCUT2D eigenvalue weighted by molar-refractivity contribution is 0.0600. The zero-order valence-corrected chi connectivity index (χ0v) is 19.4. The van der Waals surface area contributed by atoms with Gasteiger partial charge in [0, 0.05) is 37.1 Å². The molecule has 0 atom stereocenters. The molecule has 2 aromatic rings. The maximum absolute atomic E-state index is 12.8. The molecule has 12 heteroatoms. The zero-order chi connectivity index (χ0) is 22.8. The Morgan fingerprint density at radius 1 is 1.00 bits per heavy atom. The Morgan fingerprint density at radius 2 is 1.61 bits per heavy atom. The first-order valence-electron chi connectivity index (χ1n) is 9.39. The number of amides is 1. The second kappa shape index (κ2) is 9.07. The van der Waals surface area contributed by atoms with E-state index in [1.54, 1.807) is 6.92 Å². The van der Waals surface area contributed by atoms with Crippen LogP contribution in [0.5, 0.6) is 0 Å². The Bertz CT molecular complexity index is 1180. The van der Waals surface area contributed by atoms with Gasteiger partial charge >= 0.3 is 5.97 Å². The van der Waals surface area contributed by atoms with Crippen LogP contribution >= 0.6 is 11.3 Å². The molecule has 0 radical (unpaired) electrons. The van der Waals surface area contributed by atoms with Crippen molar-refractivity contribution in [2.45, 2.75) is 16.0 Å². The predicted octanol–water partition coefficient (Wildman–Crippen LogP) is 1.48. The van der Waals surface area contributed by atoms with E-state index in [0.29, 0.717) is 5.56 Å². The summed E-state index contributed by atoms with van der Waals surface area (Å²) in [6.45, 7) is 2.17. The van der Waals surface area contributed by atoms with Gasteiger partial charge in [-0.25, -0.2) is 21.6 Å². The number of sulfonamides is 1. The van der Waals surface area contributed by atoms with Crippen LogP contribution < -0.4 is 0 Å². The zero-order valence-electron chi connectivity index (χ0n) is 17.0. The molecule has 1 aromatic heterocycles. The second-order valence-electron chi connectivity index (χ2n) is 6.77. The summed E-state index contributed by atoms with van der Waals surface area (Å²) in [5.74, 6) is -0.922. The molecule has 0 spiro atoms. The Hall–Kier alpha value is -2.28. The van der Waals surface area contributed by atoms with Crippen molar-refractivity contribution in [2.75, 3.05) is 39.0 Å². The lowest BCUT2D eigenvalue weighted by Gasteiger charge is -2.33. The molecule has 0 aliphatic carbocycles. The summed E-state index contributed by atoms with van der Waals surface area (Å²) < 4.78 is 55.4. The fraction of sp³-hybridized carbons (Fsp3) is 0.368. The van der Waals surface area contributed by atoms with Crippen molar-refractivity contribution in [1.82, 2.24) is 9.21 Å². The van der Waals surface area contributed by atoms with E-state index in [1.807, 2.05) is 0 Å². The minimum absolute atomic E-state index is 0.0257. The van der Waals surface area contributed by atoms with Crippen molar-refractivity contribution >= 4 is 43.1 Å². The van der Waals surface area contributed by atoms with Crippen molar-refractivity contribution in [1.29, 1.82) is 0 Å². The summed E-state index contributed by atoms with van der Waals surface area (Å²) in [5.41, 5.74) is 0.515. The predicted molar refractivity (Wildman–Crippen MR) is 114 cm³/mol. The summed E-state index contributed by atoms with van der Waals surface area (Å²) >= 11 is 0.943. The van der Waals surface area contributed by atoms with Gasteiger partial charge in [0.1, 0.15) is 4.21 Å². The lowest BCUT2D eigenvalue weighted by atomic mass is 10.2. The van der Waals surface area contributed by atoms with Crippen molar-refractivity contribution < 1.29 is 31.2 Å². The van der Waals surface area contributed by atoms with Crippen LogP contribution in [0.25, 0.3) is 0 Å². The molecule has 0 N–H and O–H groups in total. The number of esters is 1. The van der Waals surface area contributed by atoms with E-state index in [0.717, 1.165) is 11.3 Å². The normalized spacial score (nSPS) is 15.6. The molecule has 1 aliphatic rings. The van der Waals surface area contributed by atoms with Crippen LogP contribution in [0.2, 0.25) is 0 Å². The van der Waals surface area contributed by atoms with Gasteiger partial charge in [0.05, 0.1) is 23.3 Å². The minimum Gasteiger partial charge on any atom is -0.465 e. The fourth-order valence-corrected chi connectivity index (χ4v) is 6.70. The van der Waals surface area contributed by atoms with E-state index in [2.05, 4.69) is 4.74 Å². The molecule has 1 fully saturated rings. The molecule has 168 valence electrons. The number of rotatable bonds is 6. The number of piperazine rings is 1. The Kier molecular flexibility index (Phi) is 6.84. The van der Waals surface area contributed by atoms with Gasteiger partial charge < -0.3 is 9.64 Å². The number of benzene rings is 1. The molecule has 3 rings (SSSR count). The Balaban J connectivity index is 1.66. The van der Waals surface area contributed by atoms with Crippen LogP contribution in [0.3, 0.4) is 0 Å². The molecule has 31 heavy (non-hydrogen) atoms. The summed E-state index contributed by atoms with van der Waals surface area (Å²) in [4.78, 5) is 26.0. The van der Waals surface area contributed by atoms with E-state index in [1.165, 1.54) is 52.0 Å². The number of hydrogen-bond acceptors (Lipinski definition) is 8. The molecule has 0 bridgehead atoms. The van der Waals surface area contributed by atoms with Crippen molar-refractivity contribution in [3.05, 3.63) is 46.8 Å². The van der Waals surface area contributed by atoms with Crippen LogP contribution in [-0.4, -0.2) is 77.0 Å². The van der Waals surface area contributed by atoms with Crippen molar-refractivity contribution in [3.8, 4) is 0 Å². The average Bonchev–Trinajstić information content (AvgIpc) is 3.29. The van der Waals surface area contributed by atoms with Crippen molar-refractivity contribution in [3.63, 3.8) is 0 Å². The van der Waals surface area contributed by atoms with E-state index >= 15 is 0 Å². The molecule has 2 heterocycles. The Labute approximate surface area is 185 Å². The number of thiophene rings is 1. The Morgan fingerprint density at radius 3 is 2.16 bits per heavy atom. The topological polar surface area (TPSA) is 118 Å². The second-order valence-corrected chi connectivity index (χ2v) is 12.1. The monoisotopic (exact) mass is 486 g/mol. The molecular formula is C19H22N2O7S3. The SMILES string of the molecule is CCS(=O)(=O)c1ccc(C(=O)N2CCN(S(=O)(=O)c3cc(C(=O)OC)cs3)CC2)cc1. The smallest absolute Gasteiger partial charge is 0.338 e. The highest BCUT2D eigenvalue weighted by Gasteiger charge is 2.32. The average molecular weight is 487 g/mol. The number of ether oxygens (including phenoxy) is 1. The molecular weight excluding hydrogens is 464 g/mol.